The van der Waals surface area contributed by atoms with E-state index in [1.165, 1.54) is 4.68 Å². The summed E-state index contributed by atoms with van der Waals surface area (Å²) in [6.07, 6.45) is 1.56. The Hall–Kier alpha value is -2.42. The van der Waals surface area contributed by atoms with Crippen LogP contribution in [-0.2, 0) is 17.9 Å². The van der Waals surface area contributed by atoms with Crippen molar-refractivity contribution >= 4 is 29.0 Å². The number of halogens is 1. The van der Waals surface area contributed by atoms with Gasteiger partial charge in [-0.3, -0.25) is 9.48 Å². The van der Waals surface area contributed by atoms with Gasteiger partial charge in [0.25, 0.3) is 0 Å². The molecule has 0 saturated heterocycles. The van der Waals surface area contributed by atoms with E-state index in [1.54, 1.807) is 17.8 Å². The van der Waals surface area contributed by atoms with E-state index in [2.05, 4.69) is 15.5 Å². The summed E-state index contributed by atoms with van der Waals surface area (Å²) in [5.41, 5.74) is 1.79. The fourth-order valence-corrected chi connectivity index (χ4v) is 2.20. The predicted octanol–water partition coefficient (Wildman–Crippen LogP) is 1.92. The normalized spacial score (nSPS) is 10.7. The zero-order chi connectivity index (χ0) is 16.4. The molecule has 9 nitrogen and oxygen atoms in total. The second-order valence-electron chi connectivity index (χ2n) is 4.65. The van der Waals surface area contributed by atoms with E-state index in [0.717, 1.165) is 5.69 Å². The summed E-state index contributed by atoms with van der Waals surface area (Å²) >= 11 is 5.83. The molecule has 0 unspecified atom stereocenters. The third kappa shape index (κ3) is 2.93. The maximum atomic E-state index is 12.1. The first-order chi connectivity index (χ1) is 10.3. The maximum absolute atomic E-state index is 12.1. The van der Waals surface area contributed by atoms with Gasteiger partial charge in [-0.2, -0.15) is 9.78 Å². The molecular weight excluding hydrogens is 312 g/mol. The number of anilines is 1. The molecule has 0 atom stereocenters. The minimum atomic E-state index is -0.681. The van der Waals surface area contributed by atoms with Crippen LogP contribution >= 0.6 is 11.6 Å². The number of aromatic nitrogens is 4. The molecule has 0 fully saturated rings. The number of amides is 1. The average Bonchev–Trinajstić information content (AvgIpc) is 2.94. The third-order valence-electron chi connectivity index (χ3n) is 3.26. The van der Waals surface area contributed by atoms with Gasteiger partial charge in [0.1, 0.15) is 6.54 Å². The molecule has 118 valence electrons. The first-order valence-corrected chi connectivity index (χ1v) is 6.92. The van der Waals surface area contributed by atoms with Crippen molar-refractivity contribution in [1.29, 1.82) is 0 Å². The number of carbonyl (C=O) groups is 1. The molecule has 0 bridgehead atoms. The number of carbonyl (C=O) groups excluding carboxylic acids is 1. The Bertz CT molecular complexity index is 736. The lowest BCUT2D eigenvalue weighted by Gasteiger charge is -2.05. The van der Waals surface area contributed by atoms with Crippen molar-refractivity contribution in [1.82, 2.24) is 19.6 Å². The second kappa shape index (κ2) is 6.14. The van der Waals surface area contributed by atoms with Gasteiger partial charge in [-0.15, -0.1) is 0 Å². The lowest BCUT2D eigenvalue weighted by molar-refractivity contribution is -0.389. The maximum Gasteiger partial charge on any atom is 0.408 e. The Labute approximate surface area is 131 Å². The molecule has 2 heterocycles. The molecule has 0 radical (unpaired) electrons. The molecule has 2 aromatic rings. The van der Waals surface area contributed by atoms with E-state index in [4.69, 9.17) is 11.6 Å². The Morgan fingerprint density at radius 1 is 1.41 bits per heavy atom. The molecule has 10 heteroatoms. The number of nitrogens with zero attached hydrogens (tertiary/aromatic N) is 5. The van der Waals surface area contributed by atoms with Crippen LogP contribution in [0.3, 0.4) is 0 Å². The summed E-state index contributed by atoms with van der Waals surface area (Å²) < 4.78 is 2.95. The quantitative estimate of drug-likeness (QED) is 0.667. The molecule has 22 heavy (non-hydrogen) atoms. The van der Waals surface area contributed by atoms with Gasteiger partial charge in [-0.1, -0.05) is 11.6 Å². The molecule has 1 amide bonds. The van der Waals surface area contributed by atoms with Crippen molar-refractivity contribution in [2.45, 2.75) is 33.9 Å². The van der Waals surface area contributed by atoms with Gasteiger partial charge in [-0.05, 0) is 25.7 Å². The number of nitro groups is 1. The number of hydrogen-bond acceptors (Lipinski definition) is 5. The molecule has 2 aromatic heterocycles. The van der Waals surface area contributed by atoms with Crippen molar-refractivity contribution in [2.75, 3.05) is 5.32 Å². The lowest BCUT2D eigenvalue weighted by atomic mass is 10.4. The number of aryl methyl sites for hydroxylation is 1. The van der Waals surface area contributed by atoms with E-state index in [0.29, 0.717) is 17.9 Å². The Kier molecular flexibility index (Phi) is 4.45. The van der Waals surface area contributed by atoms with Crippen LogP contribution in [0.1, 0.15) is 18.3 Å². The molecule has 0 aliphatic heterocycles. The van der Waals surface area contributed by atoms with Crippen molar-refractivity contribution < 1.29 is 9.72 Å². The highest BCUT2D eigenvalue weighted by Gasteiger charge is 2.25. The Morgan fingerprint density at radius 2 is 2.09 bits per heavy atom. The second-order valence-corrected chi connectivity index (χ2v) is 5.02. The zero-order valence-corrected chi connectivity index (χ0v) is 13.1. The van der Waals surface area contributed by atoms with E-state index in [1.807, 2.05) is 13.8 Å². The monoisotopic (exact) mass is 326 g/mol. The van der Waals surface area contributed by atoms with Gasteiger partial charge in [-0.25, -0.2) is 0 Å². The molecule has 0 spiro atoms. The van der Waals surface area contributed by atoms with Crippen LogP contribution in [0.4, 0.5) is 11.5 Å². The highest BCUT2D eigenvalue weighted by atomic mass is 35.5. The first-order valence-electron chi connectivity index (χ1n) is 6.54. The smallest absolute Gasteiger partial charge is 0.358 e. The minimum Gasteiger partial charge on any atom is -0.358 e. The fourth-order valence-electron chi connectivity index (χ4n) is 1.99. The van der Waals surface area contributed by atoms with Gasteiger partial charge >= 0.3 is 5.82 Å². The predicted molar refractivity (Wildman–Crippen MR) is 79.9 cm³/mol. The average molecular weight is 327 g/mol. The van der Waals surface area contributed by atoms with Crippen LogP contribution in [0.2, 0.25) is 5.02 Å². The summed E-state index contributed by atoms with van der Waals surface area (Å²) in [5, 5.41) is 21.3. The fraction of sp³-hybridized carbons (Fsp3) is 0.417. The number of rotatable bonds is 5. The third-order valence-corrected chi connectivity index (χ3v) is 3.70. The Balaban J connectivity index is 2.14. The molecular formula is C12H15ClN6O3. The molecule has 0 aliphatic carbocycles. The van der Waals surface area contributed by atoms with Gasteiger partial charge in [0.05, 0.1) is 28.4 Å². The number of hydrogen-bond donors (Lipinski definition) is 1. The van der Waals surface area contributed by atoms with E-state index < -0.39 is 10.7 Å². The van der Waals surface area contributed by atoms with Crippen LogP contribution in [0.25, 0.3) is 0 Å². The van der Waals surface area contributed by atoms with Gasteiger partial charge in [0, 0.05) is 6.54 Å². The van der Waals surface area contributed by atoms with Gasteiger partial charge in [0.15, 0.2) is 5.02 Å². The summed E-state index contributed by atoms with van der Waals surface area (Å²) in [7, 11) is 0. The molecule has 2 rings (SSSR count). The summed E-state index contributed by atoms with van der Waals surface area (Å²) in [6.45, 7) is 5.88. The van der Waals surface area contributed by atoms with E-state index >= 15 is 0 Å². The van der Waals surface area contributed by atoms with Gasteiger partial charge < -0.3 is 15.4 Å². The van der Waals surface area contributed by atoms with Crippen molar-refractivity contribution in [2.24, 2.45) is 0 Å². The highest BCUT2D eigenvalue weighted by Crippen LogP contribution is 2.26. The summed E-state index contributed by atoms with van der Waals surface area (Å²) in [4.78, 5) is 22.1. The zero-order valence-electron chi connectivity index (χ0n) is 12.3. The highest BCUT2D eigenvalue weighted by molar-refractivity contribution is 6.33. The van der Waals surface area contributed by atoms with E-state index in [-0.39, 0.29) is 17.5 Å². The van der Waals surface area contributed by atoms with Crippen molar-refractivity contribution in [3.05, 3.63) is 32.7 Å². The standard InChI is InChI=1S/C12H15ClN6O3/c1-4-17-7(2)9(5-14-17)15-10(20)6-18-8(3)11(13)12(16-18)19(21)22/h5H,4,6H2,1-3H3,(H,15,20). The van der Waals surface area contributed by atoms with Crippen LogP contribution < -0.4 is 5.32 Å². The number of nitrogens with one attached hydrogen (secondary N) is 1. The molecule has 1 N–H and O–H groups in total. The Morgan fingerprint density at radius 3 is 2.59 bits per heavy atom. The summed E-state index contributed by atoms with van der Waals surface area (Å²) in [5.74, 6) is -0.821. The van der Waals surface area contributed by atoms with Crippen LogP contribution in [0.15, 0.2) is 6.20 Å². The molecule has 0 aliphatic rings. The summed E-state index contributed by atoms with van der Waals surface area (Å²) in [6, 6.07) is 0. The largest absolute Gasteiger partial charge is 0.408 e. The van der Waals surface area contributed by atoms with Crippen molar-refractivity contribution in [3.8, 4) is 0 Å². The molecule has 0 aromatic carbocycles. The van der Waals surface area contributed by atoms with Gasteiger partial charge in [0.2, 0.25) is 5.91 Å². The van der Waals surface area contributed by atoms with Crippen LogP contribution in [0.5, 0.6) is 0 Å². The van der Waals surface area contributed by atoms with Crippen LogP contribution in [0, 0.1) is 24.0 Å². The van der Waals surface area contributed by atoms with Crippen molar-refractivity contribution in [3.63, 3.8) is 0 Å². The minimum absolute atomic E-state index is 0.0622. The van der Waals surface area contributed by atoms with Crippen LogP contribution in [-0.4, -0.2) is 30.4 Å². The lowest BCUT2D eigenvalue weighted by Crippen LogP contribution is -2.20. The topological polar surface area (TPSA) is 108 Å². The SMILES string of the molecule is CCn1ncc(NC(=O)Cn2nc([N+](=O)[O-])c(Cl)c2C)c1C. The molecule has 0 saturated carbocycles. The first kappa shape index (κ1) is 16.0. The van der Waals surface area contributed by atoms with E-state index in [9.17, 15) is 14.9 Å².